The van der Waals surface area contributed by atoms with Crippen molar-refractivity contribution < 1.29 is 27.5 Å². The van der Waals surface area contributed by atoms with Crippen LogP contribution in [0.3, 0.4) is 0 Å². The fourth-order valence-corrected chi connectivity index (χ4v) is 7.38. The van der Waals surface area contributed by atoms with Crippen LogP contribution in [-0.2, 0) is 19.6 Å². The predicted octanol–water partition coefficient (Wildman–Crippen LogP) is 2.30. The van der Waals surface area contributed by atoms with Gasteiger partial charge in [-0.2, -0.15) is 9.04 Å². The number of Topliss-reactive ketones (excluding diaryl/α,β-unsaturated/α-hetero) is 1. The molecule has 2 aromatic heterocycles. The Hall–Kier alpha value is -2.83. The number of carbonyl (C=O) groups is 3. The molecule has 2 fully saturated rings. The van der Waals surface area contributed by atoms with E-state index in [4.69, 9.17) is 0 Å². The molecule has 2 amide bonds. The highest BCUT2D eigenvalue weighted by atomic mass is 32.2. The molecule has 0 bridgehead atoms. The maximum absolute atomic E-state index is 13.4. The average molecular weight is 563 g/mol. The molecule has 4 rings (SSSR count). The maximum atomic E-state index is 13.4. The van der Waals surface area contributed by atoms with Crippen LogP contribution >= 0.6 is 11.3 Å². The number of rotatable bonds is 8. The summed E-state index contributed by atoms with van der Waals surface area (Å²) >= 11 is 1.35. The molecule has 2 N–H and O–H groups in total. The standard InChI is InChI=1S/C26H34N4O6S2/c1-18-12-13-23(37-18)26(33)28-21(16-19-8-3-2-4-9-19)25(32)27-20-10-7-14-29(17-22(20)31)38(35,36)24-11-5-6-15-30(24)34/h5-6,11-13,15,19-21H,2-4,7-10,14,16-17H2,1H3,(H,27,32)(H,28,33)/t20?,21-/m0/s1. The third-order valence-electron chi connectivity index (χ3n) is 7.21. The second-order valence-corrected chi connectivity index (χ2v) is 13.2. The summed E-state index contributed by atoms with van der Waals surface area (Å²) < 4.78 is 27.3. The van der Waals surface area contributed by atoms with Gasteiger partial charge < -0.3 is 15.8 Å². The zero-order valence-electron chi connectivity index (χ0n) is 21.4. The third kappa shape index (κ3) is 6.78. The molecule has 2 aromatic rings. The van der Waals surface area contributed by atoms with Crippen LogP contribution in [0.5, 0.6) is 0 Å². The minimum atomic E-state index is -4.19. The number of carbonyl (C=O) groups excluding carboxylic acids is 3. The van der Waals surface area contributed by atoms with Crippen LogP contribution in [0, 0.1) is 18.0 Å². The molecular weight excluding hydrogens is 528 g/mol. The van der Waals surface area contributed by atoms with Crippen molar-refractivity contribution in [3.63, 3.8) is 0 Å². The summed E-state index contributed by atoms with van der Waals surface area (Å²) in [6, 6.07) is 5.97. The van der Waals surface area contributed by atoms with Crippen molar-refractivity contribution >= 4 is 39.0 Å². The van der Waals surface area contributed by atoms with Gasteiger partial charge >= 0.3 is 15.0 Å². The number of hydrogen-bond acceptors (Lipinski definition) is 7. The Bertz CT molecular complexity index is 1270. The normalized spacial score (nSPS) is 20.4. The molecule has 1 aliphatic carbocycles. The van der Waals surface area contributed by atoms with E-state index in [1.807, 2.05) is 13.0 Å². The van der Waals surface area contributed by atoms with Crippen LogP contribution in [0.4, 0.5) is 0 Å². The number of aryl methyl sites for hydroxylation is 1. The Morgan fingerprint density at radius 2 is 1.89 bits per heavy atom. The Morgan fingerprint density at radius 1 is 1.13 bits per heavy atom. The van der Waals surface area contributed by atoms with Crippen LogP contribution in [-0.4, -0.2) is 55.5 Å². The molecule has 38 heavy (non-hydrogen) atoms. The largest absolute Gasteiger partial charge is 0.618 e. The number of thiophene rings is 1. The number of hydrogen-bond donors (Lipinski definition) is 2. The van der Waals surface area contributed by atoms with E-state index in [9.17, 15) is 28.0 Å². The topological polar surface area (TPSA) is 140 Å². The highest BCUT2D eigenvalue weighted by Gasteiger charge is 2.37. The SMILES string of the molecule is Cc1ccc(C(=O)N[C@@H](CC2CCCCC2)C(=O)NC2CCCN(S(=O)(=O)c3cccc[n+]3[O-])CC2=O)s1. The second-order valence-electron chi connectivity index (χ2n) is 10.0. The summed E-state index contributed by atoms with van der Waals surface area (Å²) in [5.74, 6) is -0.908. The van der Waals surface area contributed by atoms with Crippen molar-refractivity contribution in [2.45, 2.75) is 75.4 Å². The van der Waals surface area contributed by atoms with E-state index >= 15 is 0 Å². The Morgan fingerprint density at radius 3 is 2.58 bits per heavy atom. The van der Waals surface area contributed by atoms with Gasteiger partial charge in [0.15, 0.2) is 12.0 Å². The minimum absolute atomic E-state index is 0.0509. The Kier molecular flexibility index (Phi) is 9.16. The lowest BCUT2D eigenvalue weighted by molar-refractivity contribution is -0.646. The molecule has 1 saturated heterocycles. The molecule has 2 aliphatic rings. The number of ketones is 1. The molecule has 1 unspecified atom stereocenters. The lowest BCUT2D eigenvalue weighted by Crippen LogP contribution is -2.53. The lowest BCUT2D eigenvalue weighted by Gasteiger charge is -2.27. The Balaban J connectivity index is 1.45. The fourth-order valence-electron chi connectivity index (χ4n) is 5.14. The molecule has 10 nitrogen and oxygen atoms in total. The van der Waals surface area contributed by atoms with E-state index in [1.165, 1.54) is 36.0 Å². The zero-order chi connectivity index (χ0) is 27.3. The van der Waals surface area contributed by atoms with Gasteiger partial charge in [0.1, 0.15) is 6.04 Å². The quantitative estimate of drug-likeness (QED) is 0.374. The van der Waals surface area contributed by atoms with Crippen LogP contribution in [0.1, 0.15) is 65.9 Å². The van der Waals surface area contributed by atoms with Gasteiger partial charge in [0.25, 0.3) is 5.91 Å². The van der Waals surface area contributed by atoms with Gasteiger partial charge in [-0.15, -0.1) is 11.3 Å². The molecule has 1 aliphatic heterocycles. The monoisotopic (exact) mass is 562 g/mol. The number of nitrogens with one attached hydrogen (secondary N) is 2. The molecule has 2 atom stereocenters. The molecule has 0 aromatic carbocycles. The minimum Gasteiger partial charge on any atom is -0.618 e. The van der Waals surface area contributed by atoms with Gasteiger partial charge in [-0.3, -0.25) is 14.4 Å². The second kappa shape index (κ2) is 12.4. The van der Waals surface area contributed by atoms with Crippen LogP contribution < -0.4 is 15.4 Å². The number of nitrogens with zero attached hydrogens (tertiary/aromatic N) is 2. The summed E-state index contributed by atoms with van der Waals surface area (Å²) in [5, 5.41) is 17.3. The van der Waals surface area contributed by atoms with Crippen molar-refractivity contribution in [1.29, 1.82) is 0 Å². The number of pyridine rings is 1. The first kappa shape index (κ1) is 28.2. The number of aromatic nitrogens is 1. The first-order valence-electron chi connectivity index (χ1n) is 13.0. The molecule has 206 valence electrons. The van der Waals surface area contributed by atoms with E-state index in [-0.39, 0.29) is 23.6 Å². The fraction of sp³-hybridized carbons (Fsp3) is 0.538. The number of amides is 2. The number of sulfonamides is 1. The van der Waals surface area contributed by atoms with E-state index in [0.29, 0.717) is 23.6 Å². The van der Waals surface area contributed by atoms with E-state index in [2.05, 4.69) is 10.6 Å². The van der Waals surface area contributed by atoms with Crippen molar-refractivity contribution in [2.75, 3.05) is 13.1 Å². The third-order valence-corrected chi connectivity index (χ3v) is 10.0. The smallest absolute Gasteiger partial charge is 0.323 e. The van der Waals surface area contributed by atoms with Crippen LogP contribution in [0.2, 0.25) is 0 Å². The van der Waals surface area contributed by atoms with E-state index < -0.39 is 45.4 Å². The highest BCUT2D eigenvalue weighted by molar-refractivity contribution is 7.89. The molecule has 1 saturated carbocycles. The Labute approximate surface area is 227 Å². The molecule has 12 heteroatoms. The van der Waals surface area contributed by atoms with Crippen molar-refractivity contribution in [2.24, 2.45) is 5.92 Å². The summed E-state index contributed by atoms with van der Waals surface area (Å²) in [7, 11) is -4.19. The van der Waals surface area contributed by atoms with E-state index in [1.54, 1.807) is 6.07 Å². The summed E-state index contributed by atoms with van der Waals surface area (Å²) in [6.45, 7) is 1.51. The van der Waals surface area contributed by atoms with Gasteiger partial charge in [-0.1, -0.05) is 32.1 Å². The molecular formula is C26H34N4O6S2. The summed E-state index contributed by atoms with van der Waals surface area (Å²) in [6.07, 6.45) is 7.50. The summed E-state index contributed by atoms with van der Waals surface area (Å²) in [4.78, 5) is 40.9. The van der Waals surface area contributed by atoms with Gasteiger partial charge in [0.05, 0.1) is 17.5 Å². The van der Waals surface area contributed by atoms with Crippen molar-refractivity contribution in [1.82, 2.24) is 14.9 Å². The lowest BCUT2D eigenvalue weighted by atomic mass is 9.84. The van der Waals surface area contributed by atoms with Crippen LogP contribution in [0.25, 0.3) is 0 Å². The first-order valence-corrected chi connectivity index (χ1v) is 15.3. The highest BCUT2D eigenvalue weighted by Crippen LogP contribution is 2.28. The molecule has 0 spiro atoms. The van der Waals surface area contributed by atoms with Gasteiger partial charge in [0, 0.05) is 23.6 Å². The summed E-state index contributed by atoms with van der Waals surface area (Å²) in [5.41, 5.74) is 0. The zero-order valence-corrected chi connectivity index (χ0v) is 23.1. The molecule has 3 heterocycles. The molecule has 0 radical (unpaired) electrons. The van der Waals surface area contributed by atoms with Crippen molar-refractivity contribution in [3.05, 3.63) is 51.5 Å². The van der Waals surface area contributed by atoms with Gasteiger partial charge in [-0.25, -0.2) is 8.42 Å². The first-order chi connectivity index (χ1) is 18.1. The average Bonchev–Trinajstić information content (AvgIpc) is 3.25. The maximum Gasteiger partial charge on any atom is 0.323 e. The van der Waals surface area contributed by atoms with E-state index in [0.717, 1.165) is 41.1 Å². The van der Waals surface area contributed by atoms with Crippen molar-refractivity contribution in [3.8, 4) is 0 Å². The predicted molar refractivity (Wildman–Crippen MR) is 142 cm³/mol. The van der Waals surface area contributed by atoms with Gasteiger partial charge in [-0.05, 0) is 50.3 Å². The van der Waals surface area contributed by atoms with Gasteiger partial charge in [0.2, 0.25) is 5.91 Å². The van der Waals surface area contributed by atoms with Crippen LogP contribution in [0.15, 0.2) is 41.6 Å².